The number of nitrogens with zero attached hydrogens (tertiary/aromatic N) is 3. The first kappa shape index (κ1) is 33.0. The highest BCUT2D eigenvalue weighted by molar-refractivity contribution is 7.89. The molecule has 2 atom stereocenters. The number of nitrogens with two attached hydrogens (primary N) is 1. The van der Waals surface area contributed by atoms with Crippen LogP contribution in [0.15, 0.2) is 78.1 Å². The zero-order valence-corrected chi connectivity index (χ0v) is 25.4. The number of nitrogens with one attached hydrogen (secondary N) is 2. The number of carbonyl (C=O) groups is 1. The van der Waals surface area contributed by atoms with Crippen molar-refractivity contribution in [2.45, 2.75) is 42.5 Å². The molecule has 1 fully saturated rings. The summed E-state index contributed by atoms with van der Waals surface area (Å²) in [5, 5.41) is 5.87. The first-order valence-corrected chi connectivity index (χ1v) is 16.0. The van der Waals surface area contributed by atoms with Crippen LogP contribution < -0.4 is 16.4 Å². The summed E-state index contributed by atoms with van der Waals surface area (Å²) < 4.78 is 85.0. The van der Waals surface area contributed by atoms with Crippen molar-refractivity contribution in [2.24, 2.45) is 0 Å². The van der Waals surface area contributed by atoms with E-state index < -0.39 is 51.2 Å². The molecule has 14 heteroatoms. The Kier molecular flexibility index (Phi) is 10.3. The Bertz CT molecular complexity index is 1770. The smallest absolute Gasteiger partial charge is 0.244 e. The van der Waals surface area contributed by atoms with Gasteiger partial charge in [-0.3, -0.25) is 9.78 Å². The van der Waals surface area contributed by atoms with Crippen LogP contribution in [0, 0.1) is 23.3 Å². The van der Waals surface area contributed by atoms with Crippen molar-refractivity contribution in [1.82, 2.24) is 19.6 Å². The van der Waals surface area contributed by atoms with Crippen LogP contribution in [0.3, 0.4) is 0 Å². The van der Waals surface area contributed by atoms with Crippen molar-refractivity contribution >= 4 is 27.4 Å². The molecule has 0 saturated carbocycles. The molecular formula is C32H32F4N6O3S. The number of aromatic nitrogens is 2. The van der Waals surface area contributed by atoms with E-state index in [4.69, 9.17) is 5.73 Å². The summed E-state index contributed by atoms with van der Waals surface area (Å²) >= 11 is 0. The maximum Gasteiger partial charge on any atom is 0.244 e. The number of halogens is 4. The minimum absolute atomic E-state index is 0.0266. The number of hydrogen-bond donors (Lipinski definition) is 3. The molecule has 0 bridgehead atoms. The number of anilines is 2. The molecule has 0 spiro atoms. The van der Waals surface area contributed by atoms with Gasteiger partial charge in [0.05, 0.1) is 18.1 Å². The van der Waals surface area contributed by atoms with Crippen LogP contribution >= 0.6 is 0 Å². The SMILES string of the molecule is Nc1ccc(S(=O)(=O)N2CCNCC2CCCc2c(F)cncc2NC(=O)CC(c2ccc(F)cc2)c2cc(F)cc(F)c2)cn1. The van der Waals surface area contributed by atoms with Crippen LogP contribution in [0.25, 0.3) is 0 Å². The van der Waals surface area contributed by atoms with Crippen LogP contribution in [0.4, 0.5) is 29.1 Å². The van der Waals surface area contributed by atoms with Crippen LogP contribution in [0.1, 0.15) is 41.9 Å². The highest BCUT2D eigenvalue weighted by Gasteiger charge is 2.33. The first-order valence-electron chi connectivity index (χ1n) is 14.6. The topological polar surface area (TPSA) is 130 Å². The molecule has 4 aromatic rings. The van der Waals surface area contributed by atoms with Crippen molar-refractivity contribution in [3.8, 4) is 0 Å². The number of rotatable bonds is 11. The van der Waals surface area contributed by atoms with E-state index in [1.54, 1.807) is 0 Å². The number of nitrogen functional groups attached to an aromatic ring is 1. The van der Waals surface area contributed by atoms with Crippen molar-refractivity contribution in [3.05, 3.63) is 113 Å². The summed E-state index contributed by atoms with van der Waals surface area (Å²) in [6, 6.07) is 10.6. The second-order valence-corrected chi connectivity index (χ2v) is 12.9. The molecule has 46 heavy (non-hydrogen) atoms. The van der Waals surface area contributed by atoms with Gasteiger partial charge in [0.15, 0.2) is 0 Å². The first-order chi connectivity index (χ1) is 22.0. The van der Waals surface area contributed by atoms with E-state index in [9.17, 15) is 26.4 Å². The van der Waals surface area contributed by atoms with Gasteiger partial charge in [-0.15, -0.1) is 0 Å². The van der Waals surface area contributed by atoms with Gasteiger partial charge < -0.3 is 16.4 Å². The minimum atomic E-state index is -3.85. The molecule has 1 saturated heterocycles. The number of benzene rings is 2. The lowest BCUT2D eigenvalue weighted by Crippen LogP contribution is -2.53. The second kappa shape index (κ2) is 14.4. The molecule has 4 N–H and O–H groups in total. The maximum atomic E-state index is 15.0. The quantitative estimate of drug-likeness (QED) is 0.199. The Morgan fingerprint density at radius 1 is 0.978 bits per heavy atom. The van der Waals surface area contributed by atoms with E-state index in [1.165, 1.54) is 53.1 Å². The van der Waals surface area contributed by atoms with Crippen molar-refractivity contribution in [1.29, 1.82) is 0 Å². The van der Waals surface area contributed by atoms with E-state index in [1.807, 2.05) is 0 Å². The van der Waals surface area contributed by atoms with Gasteiger partial charge in [0, 0.05) is 55.8 Å². The Balaban J connectivity index is 1.29. The number of sulfonamides is 1. The second-order valence-electron chi connectivity index (χ2n) is 11.0. The van der Waals surface area contributed by atoms with Crippen molar-refractivity contribution in [3.63, 3.8) is 0 Å². The van der Waals surface area contributed by atoms with Crippen molar-refractivity contribution < 1.29 is 30.8 Å². The molecular weight excluding hydrogens is 624 g/mol. The third kappa shape index (κ3) is 7.87. The number of piperazine rings is 1. The summed E-state index contributed by atoms with van der Waals surface area (Å²) in [4.78, 5) is 21.1. The fourth-order valence-corrected chi connectivity index (χ4v) is 7.21. The van der Waals surface area contributed by atoms with Gasteiger partial charge >= 0.3 is 0 Å². The average molecular weight is 657 g/mol. The normalized spacial score (nSPS) is 16.2. The predicted octanol–water partition coefficient (Wildman–Crippen LogP) is 4.76. The third-order valence-corrected chi connectivity index (χ3v) is 9.79. The lowest BCUT2D eigenvalue weighted by molar-refractivity contribution is -0.116. The largest absolute Gasteiger partial charge is 0.384 e. The van der Waals surface area contributed by atoms with Crippen molar-refractivity contribution in [2.75, 3.05) is 30.7 Å². The van der Waals surface area contributed by atoms with Crippen LogP contribution in [0.5, 0.6) is 0 Å². The molecule has 1 aliphatic rings. The average Bonchev–Trinajstić information content (AvgIpc) is 3.01. The van der Waals surface area contributed by atoms with Gasteiger partial charge in [-0.05, 0) is 66.8 Å². The number of carbonyl (C=O) groups excluding carboxylic acids is 1. The molecule has 0 radical (unpaired) electrons. The Morgan fingerprint density at radius 2 is 1.72 bits per heavy atom. The molecule has 1 amide bonds. The fraction of sp³-hybridized carbons (Fsp3) is 0.281. The predicted molar refractivity (Wildman–Crippen MR) is 164 cm³/mol. The lowest BCUT2D eigenvalue weighted by atomic mass is 9.88. The summed E-state index contributed by atoms with van der Waals surface area (Å²) in [5.74, 6) is -4.05. The molecule has 2 unspecified atom stereocenters. The van der Waals surface area contributed by atoms with E-state index in [0.717, 1.165) is 18.3 Å². The van der Waals surface area contributed by atoms with Gasteiger partial charge in [-0.2, -0.15) is 4.31 Å². The Labute approximate surface area is 263 Å². The maximum absolute atomic E-state index is 15.0. The number of hydrogen-bond acceptors (Lipinski definition) is 7. The van der Waals surface area contributed by atoms with Crippen LogP contribution in [-0.4, -0.2) is 54.3 Å². The molecule has 5 rings (SSSR count). The highest BCUT2D eigenvalue weighted by Crippen LogP contribution is 2.31. The molecule has 2 aromatic carbocycles. The highest BCUT2D eigenvalue weighted by atomic mass is 32.2. The van der Waals surface area contributed by atoms with Crippen LogP contribution in [-0.2, 0) is 21.2 Å². The summed E-state index contributed by atoms with van der Waals surface area (Å²) in [6.45, 7) is 1.11. The Morgan fingerprint density at radius 3 is 2.41 bits per heavy atom. The lowest BCUT2D eigenvalue weighted by Gasteiger charge is -2.35. The van der Waals surface area contributed by atoms with Crippen LogP contribution in [0.2, 0.25) is 0 Å². The minimum Gasteiger partial charge on any atom is -0.384 e. The van der Waals surface area contributed by atoms with E-state index in [2.05, 4.69) is 20.6 Å². The van der Waals surface area contributed by atoms with Gasteiger partial charge in [-0.1, -0.05) is 12.1 Å². The summed E-state index contributed by atoms with van der Waals surface area (Å²) in [7, 11) is -3.85. The molecule has 242 valence electrons. The zero-order valence-electron chi connectivity index (χ0n) is 24.6. The van der Waals surface area contributed by atoms with E-state index in [-0.39, 0.29) is 46.9 Å². The summed E-state index contributed by atoms with van der Waals surface area (Å²) in [6.07, 6.45) is 4.19. The fourth-order valence-electron chi connectivity index (χ4n) is 5.61. The standard InChI is InChI=1S/C32H32F4N6O3S/c33-22-6-4-20(5-7-22)28(21-12-23(34)14-24(35)13-21)15-32(43)41-30-19-39-18-29(36)27(30)3-1-2-25-16-38-10-11-42(25)46(44,45)26-8-9-31(37)40-17-26/h4-9,12-14,17-19,25,28,38H,1-3,10-11,15-16H2,(H2,37,40)(H,41,43). The molecule has 1 aliphatic heterocycles. The van der Waals surface area contributed by atoms with E-state index in [0.29, 0.717) is 37.6 Å². The monoisotopic (exact) mass is 656 g/mol. The molecule has 0 aliphatic carbocycles. The number of pyridine rings is 2. The Hall–Kier alpha value is -4.40. The number of amides is 1. The third-order valence-electron chi connectivity index (χ3n) is 7.85. The molecule has 9 nitrogen and oxygen atoms in total. The molecule has 2 aromatic heterocycles. The van der Waals surface area contributed by atoms with E-state index >= 15 is 4.39 Å². The van der Waals surface area contributed by atoms with Gasteiger partial charge in [0.1, 0.15) is 34.0 Å². The molecule has 3 heterocycles. The van der Waals surface area contributed by atoms with Gasteiger partial charge in [0.2, 0.25) is 15.9 Å². The van der Waals surface area contributed by atoms with Gasteiger partial charge in [0.25, 0.3) is 0 Å². The summed E-state index contributed by atoms with van der Waals surface area (Å²) in [5.41, 5.74) is 6.54. The zero-order chi connectivity index (χ0) is 32.8. The van der Waals surface area contributed by atoms with Gasteiger partial charge in [-0.25, -0.2) is 31.0 Å².